The van der Waals surface area contributed by atoms with Crippen LogP contribution in [0.4, 0.5) is 0 Å². The number of ether oxygens (including phenoxy) is 1. The normalized spacial score (nSPS) is 33.4. The number of allylic oxidation sites excluding steroid dienone is 7. The van der Waals surface area contributed by atoms with Crippen LogP contribution in [0.2, 0.25) is 0 Å². The predicted molar refractivity (Wildman–Crippen MR) is 235 cm³/mol. The highest BCUT2D eigenvalue weighted by atomic mass is 16.5. The molecule has 0 amide bonds. The minimum absolute atomic E-state index is 0.000380. The van der Waals surface area contributed by atoms with Crippen molar-refractivity contribution >= 4 is 6.29 Å². The van der Waals surface area contributed by atoms with Gasteiger partial charge in [0.25, 0.3) is 0 Å². The zero-order valence-corrected chi connectivity index (χ0v) is 36.2. The van der Waals surface area contributed by atoms with Gasteiger partial charge in [0.2, 0.25) is 0 Å². The van der Waals surface area contributed by atoms with Crippen LogP contribution < -0.4 is 10.6 Å². The molecular formula is C50H76N2O6. The Balaban J connectivity index is 1.39. The second kappa shape index (κ2) is 21.7. The van der Waals surface area contributed by atoms with Crippen molar-refractivity contribution in [3.8, 4) is 0 Å². The Morgan fingerprint density at radius 1 is 1.10 bits per heavy atom. The Bertz CT molecular complexity index is 1640. The summed E-state index contributed by atoms with van der Waals surface area (Å²) >= 11 is 0. The van der Waals surface area contributed by atoms with Gasteiger partial charge in [-0.1, -0.05) is 91.1 Å². The number of hydrogen-bond donors (Lipinski definition) is 6. The fourth-order valence-electron chi connectivity index (χ4n) is 11.7. The number of carbonyl (C=O) groups excluding carboxylic acids is 1. The summed E-state index contributed by atoms with van der Waals surface area (Å²) in [6.07, 6.45) is 22.3. The number of aldehydes is 1. The van der Waals surface area contributed by atoms with Crippen LogP contribution in [-0.4, -0.2) is 91.0 Å². The van der Waals surface area contributed by atoms with E-state index in [9.17, 15) is 25.2 Å². The number of carbonyl (C=O) groups is 1. The number of aliphatic hydroxyl groups excluding tert-OH is 3. The summed E-state index contributed by atoms with van der Waals surface area (Å²) in [7, 11) is 3.68. The molecule has 5 rings (SSSR count). The molecule has 1 aliphatic heterocycles. The van der Waals surface area contributed by atoms with E-state index in [-0.39, 0.29) is 36.5 Å². The molecule has 1 heterocycles. The first-order valence-electron chi connectivity index (χ1n) is 22.5. The van der Waals surface area contributed by atoms with Crippen molar-refractivity contribution in [1.29, 1.82) is 0 Å². The molecule has 322 valence electrons. The number of benzene rings is 1. The summed E-state index contributed by atoms with van der Waals surface area (Å²) in [6.45, 7) is 10.6. The van der Waals surface area contributed by atoms with Crippen LogP contribution in [0.3, 0.4) is 0 Å². The molecule has 3 aliphatic carbocycles. The maximum absolute atomic E-state index is 12.5. The van der Waals surface area contributed by atoms with Crippen molar-refractivity contribution in [2.24, 2.45) is 29.1 Å². The zero-order chi connectivity index (χ0) is 41.8. The van der Waals surface area contributed by atoms with Gasteiger partial charge < -0.3 is 35.8 Å². The average Bonchev–Trinajstić information content (AvgIpc) is 3.58. The number of nitrogens with one attached hydrogen (secondary N) is 2. The second-order valence-electron chi connectivity index (χ2n) is 18.4. The molecule has 6 N–H and O–H groups in total. The third kappa shape index (κ3) is 10.4. The van der Waals surface area contributed by atoms with Crippen LogP contribution in [0.1, 0.15) is 115 Å². The van der Waals surface area contributed by atoms with Gasteiger partial charge in [0.15, 0.2) is 0 Å². The van der Waals surface area contributed by atoms with Gasteiger partial charge in [0, 0.05) is 43.7 Å². The highest BCUT2D eigenvalue weighted by Gasteiger charge is 2.65. The van der Waals surface area contributed by atoms with E-state index in [0.717, 1.165) is 61.8 Å². The summed E-state index contributed by atoms with van der Waals surface area (Å²) in [6, 6.07) is 9.16. The van der Waals surface area contributed by atoms with Gasteiger partial charge in [0.05, 0.1) is 18.3 Å². The molecule has 0 unspecified atom stereocenters. The SMILES string of the molecule is C=C(/C=C/C=C(/CO)[C@@H]1CC[C@]2([C@@H]1O)[C@@H](CCCO)/C(=C(/C)C=O)CC[C@]2(O)CCNC)[C@@H]1C/C=C(\C)CN[C@@](CCOC)(C2CCCCC2)Cc2cccc(c2)C1. The van der Waals surface area contributed by atoms with Crippen molar-refractivity contribution in [3.63, 3.8) is 0 Å². The standard InChI is InChI=1S/C50H76N2O6/c1-36-19-20-41(31-39-13-10-14-40(30-39)32-48(52-33-36,26-29-58-5)43-16-7-6-8-17-43)37(2)12-9-15-42(35-55)45-22-24-50(47(45)56)46(18-11-28-53)44(38(3)34-54)21-23-49(50,57)25-27-51-4/h9-10,12-15,19,30,34,41,43,45-47,51-53,55-57H,2,6-8,11,16-18,20-29,31-33,35H2,1,3-5H3/b12-9+,36-19+,42-15-,44-38-/t41-,45+,46+,47-,48-,49+,50-/m1/s1. The molecule has 2 bridgehead atoms. The first kappa shape index (κ1) is 46.4. The minimum atomic E-state index is -1.17. The fourth-order valence-corrected chi connectivity index (χ4v) is 11.7. The van der Waals surface area contributed by atoms with E-state index in [0.29, 0.717) is 63.0 Å². The van der Waals surface area contributed by atoms with Gasteiger partial charge in [-0.2, -0.15) is 0 Å². The van der Waals surface area contributed by atoms with Crippen molar-refractivity contribution in [1.82, 2.24) is 10.6 Å². The van der Waals surface area contributed by atoms with Crippen LogP contribution in [-0.2, 0) is 22.4 Å². The lowest BCUT2D eigenvalue weighted by Crippen LogP contribution is -2.61. The molecule has 1 spiro atoms. The fraction of sp³-hybridized carbons (Fsp3) is 0.660. The van der Waals surface area contributed by atoms with Gasteiger partial charge in [-0.15, -0.1) is 0 Å². The topological polar surface area (TPSA) is 131 Å². The molecule has 58 heavy (non-hydrogen) atoms. The highest BCUT2D eigenvalue weighted by molar-refractivity contribution is 5.74. The monoisotopic (exact) mass is 801 g/mol. The minimum Gasteiger partial charge on any atom is -0.396 e. The Morgan fingerprint density at radius 2 is 1.88 bits per heavy atom. The van der Waals surface area contributed by atoms with Crippen molar-refractivity contribution in [2.75, 3.05) is 47.1 Å². The van der Waals surface area contributed by atoms with E-state index in [4.69, 9.17) is 4.74 Å². The van der Waals surface area contributed by atoms with E-state index < -0.39 is 17.1 Å². The summed E-state index contributed by atoms with van der Waals surface area (Å²) in [5.74, 6) is 0.202. The number of hydrogen-bond acceptors (Lipinski definition) is 8. The number of aliphatic hydroxyl groups is 4. The lowest BCUT2D eigenvalue weighted by atomic mass is 9.51. The molecule has 1 aromatic carbocycles. The zero-order valence-electron chi connectivity index (χ0n) is 36.2. The molecule has 3 saturated carbocycles. The molecule has 7 atom stereocenters. The summed E-state index contributed by atoms with van der Waals surface area (Å²) < 4.78 is 5.69. The highest BCUT2D eigenvalue weighted by Crippen LogP contribution is 2.64. The molecule has 0 aromatic heterocycles. The van der Waals surface area contributed by atoms with Crippen LogP contribution in [0.5, 0.6) is 0 Å². The van der Waals surface area contributed by atoms with Gasteiger partial charge in [-0.25, -0.2) is 0 Å². The van der Waals surface area contributed by atoms with Gasteiger partial charge in [-0.05, 0) is 151 Å². The second-order valence-corrected chi connectivity index (χ2v) is 18.4. The van der Waals surface area contributed by atoms with Crippen molar-refractivity contribution < 1.29 is 30.0 Å². The van der Waals surface area contributed by atoms with Crippen molar-refractivity contribution in [3.05, 3.63) is 94.1 Å². The largest absolute Gasteiger partial charge is 0.396 e. The third-order valence-electron chi connectivity index (χ3n) is 15.0. The lowest BCUT2D eigenvalue weighted by molar-refractivity contribution is -0.180. The number of methoxy groups -OCH3 is 1. The molecule has 4 aliphatic rings. The molecule has 1 aromatic rings. The number of fused-ring (bicyclic) bond motifs is 2. The van der Waals surface area contributed by atoms with E-state index in [1.165, 1.54) is 48.8 Å². The predicted octanol–water partition coefficient (Wildman–Crippen LogP) is 7.51. The van der Waals surface area contributed by atoms with E-state index in [1.54, 1.807) is 0 Å². The summed E-state index contributed by atoms with van der Waals surface area (Å²) in [5, 5.41) is 53.0. The Hall–Kier alpha value is -2.69. The maximum Gasteiger partial charge on any atom is 0.145 e. The van der Waals surface area contributed by atoms with Crippen LogP contribution >= 0.6 is 0 Å². The third-order valence-corrected chi connectivity index (χ3v) is 15.0. The van der Waals surface area contributed by atoms with Gasteiger partial charge >= 0.3 is 0 Å². The maximum atomic E-state index is 12.5. The van der Waals surface area contributed by atoms with E-state index >= 15 is 0 Å². The van der Waals surface area contributed by atoms with E-state index in [2.05, 4.69) is 60.6 Å². The van der Waals surface area contributed by atoms with E-state index in [1.807, 2.05) is 33.2 Å². The quantitative estimate of drug-likeness (QED) is 0.0439. The average molecular weight is 801 g/mol. The molecule has 3 fully saturated rings. The lowest BCUT2D eigenvalue weighted by Gasteiger charge is -2.57. The van der Waals surface area contributed by atoms with Gasteiger partial charge in [-0.3, -0.25) is 4.79 Å². The summed E-state index contributed by atoms with van der Waals surface area (Å²) in [5.41, 5.74) is 5.32. The first-order chi connectivity index (χ1) is 28.0. The molecule has 0 radical (unpaired) electrons. The first-order valence-corrected chi connectivity index (χ1v) is 22.5. The molecule has 0 saturated heterocycles. The Kier molecular flexibility index (Phi) is 17.4. The smallest absolute Gasteiger partial charge is 0.145 e. The van der Waals surface area contributed by atoms with Crippen LogP contribution in [0, 0.1) is 29.1 Å². The van der Waals surface area contributed by atoms with Crippen LogP contribution in [0.25, 0.3) is 0 Å². The summed E-state index contributed by atoms with van der Waals surface area (Å²) in [4.78, 5) is 12.1. The van der Waals surface area contributed by atoms with Gasteiger partial charge in [0.1, 0.15) is 6.29 Å². The Morgan fingerprint density at radius 3 is 2.59 bits per heavy atom. The molecular weight excluding hydrogens is 725 g/mol. The number of rotatable bonds is 16. The van der Waals surface area contributed by atoms with Crippen LogP contribution in [0.15, 0.2) is 83.0 Å². The van der Waals surface area contributed by atoms with Crippen molar-refractivity contribution in [2.45, 2.75) is 134 Å². The molecule has 8 nitrogen and oxygen atoms in total. The Labute approximate surface area is 350 Å². The molecule has 8 heteroatoms.